The van der Waals surface area contributed by atoms with Gasteiger partial charge >= 0.3 is 0 Å². The Balaban J connectivity index is 2.48. The Bertz CT molecular complexity index is 240. The summed E-state index contributed by atoms with van der Waals surface area (Å²) in [5.74, 6) is 0.716. The number of carbonyl (C=O) groups is 1. The second kappa shape index (κ2) is 4.12. The lowest BCUT2D eigenvalue weighted by atomic mass is 9.90. The predicted molar refractivity (Wildman–Crippen MR) is 62.4 cm³/mol. The summed E-state index contributed by atoms with van der Waals surface area (Å²) < 4.78 is 0. The minimum absolute atomic E-state index is 0.0448. The molecule has 0 aliphatic heterocycles. The summed E-state index contributed by atoms with van der Waals surface area (Å²) in [5, 5.41) is 3.10. The monoisotopic (exact) mass is 212 g/mol. The van der Waals surface area contributed by atoms with Crippen molar-refractivity contribution in [2.45, 2.75) is 52.5 Å². The molecule has 1 aliphatic rings. The first-order valence-corrected chi connectivity index (χ1v) is 5.78. The number of carbonyl (C=O) groups excluding carboxylic acids is 1. The molecule has 1 aliphatic carbocycles. The van der Waals surface area contributed by atoms with Crippen LogP contribution < -0.4 is 11.1 Å². The average Bonchev–Trinajstić information content (AvgIpc) is 2.81. The zero-order valence-electron chi connectivity index (χ0n) is 10.4. The molecule has 1 fully saturated rings. The molecule has 1 amide bonds. The highest BCUT2D eigenvalue weighted by molar-refractivity contribution is 5.77. The van der Waals surface area contributed by atoms with Gasteiger partial charge in [0.2, 0.25) is 5.91 Å². The molecule has 1 saturated carbocycles. The van der Waals surface area contributed by atoms with Gasteiger partial charge in [0.25, 0.3) is 0 Å². The van der Waals surface area contributed by atoms with Crippen LogP contribution >= 0.6 is 0 Å². The molecular weight excluding hydrogens is 188 g/mol. The Morgan fingerprint density at radius 3 is 2.20 bits per heavy atom. The molecule has 0 radical (unpaired) electrons. The molecule has 0 spiro atoms. The smallest absolute Gasteiger partial charge is 0.220 e. The van der Waals surface area contributed by atoms with Crippen molar-refractivity contribution in [3.05, 3.63) is 0 Å². The Kier molecular flexibility index (Phi) is 3.44. The van der Waals surface area contributed by atoms with E-state index in [0.29, 0.717) is 18.9 Å². The normalized spacial score (nSPS) is 20.9. The molecule has 1 rings (SSSR count). The van der Waals surface area contributed by atoms with Gasteiger partial charge in [-0.15, -0.1) is 0 Å². The van der Waals surface area contributed by atoms with E-state index in [1.165, 1.54) is 12.8 Å². The highest BCUT2D eigenvalue weighted by atomic mass is 16.1. The van der Waals surface area contributed by atoms with Gasteiger partial charge in [0.05, 0.1) is 5.54 Å². The summed E-state index contributed by atoms with van der Waals surface area (Å²) in [7, 11) is 0. The van der Waals surface area contributed by atoms with Gasteiger partial charge in [-0.1, -0.05) is 20.8 Å². The van der Waals surface area contributed by atoms with Crippen molar-refractivity contribution in [3.8, 4) is 0 Å². The second-order valence-electron chi connectivity index (χ2n) is 6.18. The summed E-state index contributed by atoms with van der Waals surface area (Å²) in [6.07, 6.45) is 2.96. The molecular formula is C12H24N2O. The Hall–Kier alpha value is -0.570. The fourth-order valence-corrected chi connectivity index (χ4v) is 1.88. The van der Waals surface area contributed by atoms with Crippen molar-refractivity contribution in [3.63, 3.8) is 0 Å². The molecule has 0 heterocycles. The molecule has 0 bridgehead atoms. The second-order valence-corrected chi connectivity index (χ2v) is 6.18. The van der Waals surface area contributed by atoms with E-state index in [1.807, 2.05) is 0 Å². The van der Waals surface area contributed by atoms with Gasteiger partial charge in [-0.25, -0.2) is 0 Å². The number of hydrogen-bond acceptors (Lipinski definition) is 2. The summed E-state index contributed by atoms with van der Waals surface area (Å²) >= 11 is 0. The van der Waals surface area contributed by atoms with Crippen molar-refractivity contribution < 1.29 is 4.79 Å². The zero-order valence-corrected chi connectivity index (χ0v) is 10.4. The van der Waals surface area contributed by atoms with Gasteiger partial charge < -0.3 is 11.1 Å². The van der Waals surface area contributed by atoms with Gasteiger partial charge in [0, 0.05) is 13.0 Å². The third kappa shape index (κ3) is 3.82. The van der Waals surface area contributed by atoms with Crippen LogP contribution in [-0.4, -0.2) is 18.0 Å². The fourth-order valence-electron chi connectivity index (χ4n) is 1.88. The van der Waals surface area contributed by atoms with Crippen molar-refractivity contribution in [2.75, 3.05) is 6.54 Å². The Labute approximate surface area is 92.8 Å². The van der Waals surface area contributed by atoms with Gasteiger partial charge in [0.1, 0.15) is 0 Å². The highest BCUT2D eigenvalue weighted by Crippen LogP contribution is 2.39. The van der Waals surface area contributed by atoms with Crippen LogP contribution in [0, 0.1) is 11.3 Å². The first-order chi connectivity index (χ1) is 6.77. The van der Waals surface area contributed by atoms with E-state index in [2.05, 4.69) is 33.0 Å². The Morgan fingerprint density at radius 2 is 1.87 bits per heavy atom. The topological polar surface area (TPSA) is 55.1 Å². The number of hydrogen-bond donors (Lipinski definition) is 2. The quantitative estimate of drug-likeness (QED) is 0.744. The van der Waals surface area contributed by atoms with Gasteiger partial charge in [-0.3, -0.25) is 4.79 Å². The average molecular weight is 212 g/mol. The van der Waals surface area contributed by atoms with E-state index >= 15 is 0 Å². The van der Waals surface area contributed by atoms with Crippen LogP contribution in [0.15, 0.2) is 0 Å². The molecule has 0 aromatic rings. The minimum Gasteiger partial charge on any atom is -0.349 e. The molecule has 88 valence electrons. The van der Waals surface area contributed by atoms with E-state index in [4.69, 9.17) is 5.73 Å². The summed E-state index contributed by atoms with van der Waals surface area (Å²) in [6.45, 7) is 8.81. The number of amides is 1. The van der Waals surface area contributed by atoms with Crippen molar-refractivity contribution >= 4 is 5.91 Å². The van der Waals surface area contributed by atoms with Crippen LogP contribution in [0.4, 0.5) is 0 Å². The summed E-state index contributed by atoms with van der Waals surface area (Å²) in [4.78, 5) is 11.8. The molecule has 0 saturated heterocycles. The first-order valence-electron chi connectivity index (χ1n) is 5.78. The molecule has 0 aromatic carbocycles. The lowest BCUT2D eigenvalue weighted by Gasteiger charge is -2.31. The van der Waals surface area contributed by atoms with Gasteiger partial charge in [-0.2, -0.15) is 0 Å². The van der Waals surface area contributed by atoms with E-state index < -0.39 is 0 Å². The van der Waals surface area contributed by atoms with Crippen LogP contribution in [0.2, 0.25) is 0 Å². The minimum atomic E-state index is -0.178. The maximum absolute atomic E-state index is 11.8. The van der Waals surface area contributed by atoms with Crippen LogP contribution in [0.5, 0.6) is 0 Å². The molecule has 15 heavy (non-hydrogen) atoms. The summed E-state index contributed by atoms with van der Waals surface area (Å²) in [6, 6.07) is 0. The molecule has 0 aromatic heterocycles. The lowest BCUT2D eigenvalue weighted by Crippen LogP contribution is -2.53. The van der Waals surface area contributed by atoms with Crippen LogP contribution in [0.25, 0.3) is 0 Å². The number of nitrogens with two attached hydrogens (primary N) is 1. The molecule has 3 N–H and O–H groups in total. The van der Waals surface area contributed by atoms with E-state index in [9.17, 15) is 4.79 Å². The number of nitrogens with one attached hydrogen (secondary N) is 1. The molecule has 3 heteroatoms. The van der Waals surface area contributed by atoms with E-state index in [0.717, 1.165) is 0 Å². The third-order valence-corrected chi connectivity index (χ3v) is 3.02. The molecule has 1 atom stereocenters. The van der Waals surface area contributed by atoms with Crippen LogP contribution in [0.3, 0.4) is 0 Å². The largest absolute Gasteiger partial charge is 0.349 e. The van der Waals surface area contributed by atoms with E-state index in [1.54, 1.807) is 0 Å². The SMILES string of the molecule is CC(C)(C)CC(=O)NC(C)(CN)C1CC1. The Morgan fingerprint density at radius 1 is 1.33 bits per heavy atom. The standard InChI is InChI=1S/C12H24N2O/c1-11(2,3)7-10(15)14-12(4,8-13)9-5-6-9/h9H,5-8,13H2,1-4H3,(H,14,15). The predicted octanol–water partition coefficient (Wildman–Crippen LogP) is 1.67. The lowest BCUT2D eigenvalue weighted by molar-refractivity contribution is -0.124. The van der Waals surface area contributed by atoms with Crippen LogP contribution in [0.1, 0.15) is 47.0 Å². The molecule has 3 nitrogen and oxygen atoms in total. The zero-order chi connectivity index (χ0) is 11.7. The van der Waals surface area contributed by atoms with Crippen molar-refractivity contribution in [1.82, 2.24) is 5.32 Å². The third-order valence-electron chi connectivity index (χ3n) is 3.02. The maximum atomic E-state index is 11.8. The van der Waals surface area contributed by atoms with Crippen molar-refractivity contribution in [1.29, 1.82) is 0 Å². The van der Waals surface area contributed by atoms with Gasteiger partial charge in [0.15, 0.2) is 0 Å². The van der Waals surface area contributed by atoms with E-state index in [-0.39, 0.29) is 16.9 Å². The maximum Gasteiger partial charge on any atom is 0.220 e. The van der Waals surface area contributed by atoms with Gasteiger partial charge in [-0.05, 0) is 31.1 Å². The first kappa shape index (κ1) is 12.5. The highest BCUT2D eigenvalue weighted by Gasteiger charge is 2.41. The van der Waals surface area contributed by atoms with Crippen LogP contribution in [-0.2, 0) is 4.79 Å². The summed E-state index contributed by atoms with van der Waals surface area (Å²) in [5.41, 5.74) is 5.61. The fraction of sp³-hybridized carbons (Fsp3) is 0.917. The van der Waals surface area contributed by atoms with Crippen molar-refractivity contribution in [2.24, 2.45) is 17.1 Å². The number of rotatable bonds is 4. The molecule has 1 unspecified atom stereocenters.